The van der Waals surface area contributed by atoms with Crippen LogP contribution in [0.25, 0.3) is 0 Å². The Kier molecular flexibility index (Phi) is 2.86. The molecule has 0 spiro atoms. The predicted octanol–water partition coefficient (Wildman–Crippen LogP) is 1.86. The van der Waals surface area contributed by atoms with Crippen LogP contribution in [0.15, 0.2) is 36.7 Å². The summed E-state index contributed by atoms with van der Waals surface area (Å²) in [6.07, 6.45) is 2.92. The molecule has 0 saturated heterocycles. The van der Waals surface area contributed by atoms with Crippen LogP contribution in [-0.2, 0) is 0 Å². The van der Waals surface area contributed by atoms with Crippen molar-refractivity contribution in [3.63, 3.8) is 0 Å². The highest BCUT2D eigenvalue weighted by atomic mass is 16.5. The minimum atomic E-state index is 0.363. The topological polar surface area (TPSA) is 70.3 Å². The Balaban J connectivity index is 2.11. The van der Waals surface area contributed by atoms with Crippen molar-refractivity contribution in [2.24, 2.45) is 0 Å². The highest BCUT2D eigenvalue weighted by molar-refractivity contribution is 5.33. The number of hydrogen-bond donors (Lipinski definition) is 1. The normalized spacial score (nSPS) is 9.81. The summed E-state index contributed by atoms with van der Waals surface area (Å²) in [6, 6.07) is 7.19. The summed E-state index contributed by atoms with van der Waals surface area (Å²) in [6.45, 7) is 0. The molecule has 1 aromatic carbocycles. The van der Waals surface area contributed by atoms with E-state index in [1.807, 2.05) is 0 Å². The summed E-state index contributed by atoms with van der Waals surface area (Å²) in [7, 11) is 1.61. The lowest BCUT2D eigenvalue weighted by atomic mass is 10.3. The van der Waals surface area contributed by atoms with Crippen LogP contribution in [0.3, 0.4) is 0 Å². The molecule has 82 valence electrons. The molecule has 0 aliphatic carbocycles. The van der Waals surface area contributed by atoms with Crippen LogP contribution in [0.5, 0.6) is 17.4 Å². The molecule has 0 amide bonds. The zero-order valence-corrected chi connectivity index (χ0v) is 8.75. The molecule has 5 nitrogen and oxygen atoms in total. The molecule has 0 saturated carbocycles. The number of nitrogens with zero attached hydrogens (tertiary/aromatic N) is 2. The van der Waals surface area contributed by atoms with Crippen LogP contribution in [0.2, 0.25) is 0 Å². The van der Waals surface area contributed by atoms with Gasteiger partial charge in [-0.15, -0.1) is 0 Å². The third-order valence-electron chi connectivity index (χ3n) is 1.93. The van der Waals surface area contributed by atoms with E-state index in [9.17, 15) is 0 Å². The van der Waals surface area contributed by atoms with E-state index in [0.717, 1.165) is 5.75 Å². The van der Waals surface area contributed by atoms with Crippen molar-refractivity contribution in [1.29, 1.82) is 0 Å². The van der Waals surface area contributed by atoms with Gasteiger partial charge in [0, 0.05) is 0 Å². The number of benzene rings is 1. The summed E-state index contributed by atoms with van der Waals surface area (Å²) in [5, 5.41) is 0. The Labute approximate surface area is 92.9 Å². The number of methoxy groups -OCH3 is 1. The Morgan fingerprint density at radius 3 is 2.25 bits per heavy atom. The van der Waals surface area contributed by atoms with Gasteiger partial charge in [-0.25, -0.2) is 9.97 Å². The minimum Gasteiger partial charge on any atom is -0.497 e. The smallest absolute Gasteiger partial charge is 0.237 e. The minimum absolute atomic E-state index is 0.363. The largest absolute Gasteiger partial charge is 0.497 e. The maximum absolute atomic E-state index is 5.45. The lowest BCUT2D eigenvalue weighted by molar-refractivity contribution is 0.412. The fourth-order valence-corrected chi connectivity index (χ4v) is 1.14. The molecule has 0 unspecified atom stereocenters. The van der Waals surface area contributed by atoms with Crippen molar-refractivity contribution < 1.29 is 9.47 Å². The molecular weight excluding hydrogens is 206 g/mol. The number of anilines is 1. The van der Waals surface area contributed by atoms with E-state index in [-0.39, 0.29) is 0 Å². The van der Waals surface area contributed by atoms with E-state index in [4.69, 9.17) is 15.2 Å². The standard InChI is InChI=1S/C11H11N3O2/c1-15-8-2-4-9(5-3-8)16-11-7-13-10(12)6-14-11/h2-7H,1H3,(H2,12,13). The zero-order chi connectivity index (χ0) is 11.4. The summed E-state index contributed by atoms with van der Waals surface area (Å²) in [5.41, 5.74) is 5.41. The van der Waals surface area contributed by atoms with Crippen LogP contribution in [-0.4, -0.2) is 17.1 Å². The zero-order valence-electron chi connectivity index (χ0n) is 8.75. The Bertz CT molecular complexity index is 454. The average molecular weight is 217 g/mol. The first kappa shape index (κ1) is 10.2. The molecule has 5 heteroatoms. The van der Waals surface area contributed by atoms with Gasteiger partial charge in [-0.05, 0) is 24.3 Å². The third-order valence-corrected chi connectivity index (χ3v) is 1.93. The molecule has 16 heavy (non-hydrogen) atoms. The molecule has 1 aromatic heterocycles. The first-order valence-corrected chi connectivity index (χ1v) is 4.67. The molecule has 2 N–H and O–H groups in total. The summed E-state index contributed by atoms with van der Waals surface area (Å²) >= 11 is 0. The van der Waals surface area contributed by atoms with Gasteiger partial charge in [0.15, 0.2) is 0 Å². The Morgan fingerprint density at radius 1 is 1.00 bits per heavy atom. The van der Waals surface area contributed by atoms with Crippen molar-refractivity contribution in [2.45, 2.75) is 0 Å². The number of ether oxygens (including phenoxy) is 2. The molecule has 0 radical (unpaired) electrons. The van der Waals surface area contributed by atoms with Gasteiger partial charge in [0.25, 0.3) is 0 Å². The van der Waals surface area contributed by atoms with Gasteiger partial charge in [0.2, 0.25) is 5.88 Å². The van der Waals surface area contributed by atoms with Gasteiger partial charge in [0.1, 0.15) is 17.3 Å². The number of nitrogens with two attached hydrogens (primary N) is 1. The molecule has 0 bridgehead atoms. The van der Waals surface area contributed by atoms with Gasteiger partial charge in [-0.1, -0.05) is 0 Å². The molecular formula is C11H11N3O2. The molecule has 1 heterocycles. The van der Waals surface area contributed by atoms with Gasteiger partial charge in [-0.2, -0.15) is 0 Å². The molecule has 0 aliphatic heterocycles. The fraction of sp³-hybridized carbons (Fsp3) is 0.0909. The summed E-state index contributed by atoms with van der Waals surface area (Å²) < 4.78 is 10.5. The van der Waals surface area contributed by atoms with Crippen LogP contribution in [0, 0.1) is 0 Å². The quantitative estimate of drug-likeness (QED) is 0.849. The van der Waals surface area contributed by atoms with Crippen LogP contribution in [0.1, 0.15) is 0 Å². The fourth-order valence-electron chi connectivity index (χ4n) is 1.14. The Morgan fingerprint density at radius 2 is 1.69 bits per heavy atom. The van der Waals surface area contributed by atoms with E-state index in [1.165, 1.54) is 12.4 Å². The van der Waals surface area contributed by atoms with Crippen LogP contribution >= 0.6 is 0 Å². The number of hydrogen-bond acceptors (Lipinski definition) is 5. The van der Waals surface area contributed by atoms with Gasteiger partial charge in [-0.3, -0.25) is 0 Å². The van der Waals surface area contributed by atoms with E-state index in [2.05, 4.69) is 9.97 Å². The van der Waals surface area contributed by atoms with E-state index >= 15 is 0 Å². The van der Waals surface area contributed by atoms with Gasteiger partial charge < -0.3 is 15.2 Å². The predicted molar refractivity (Wildman–Crippen MR) is 59.5 cm³/mol. The van der Waals surface area contributed by atoms with Crippen molar-refractivity contribution >= 4 is 5.82 Å². The maximum atomic E-state index is 5.45. The van der Waals surface area contributed by atoms with E-state index in [1.54, 1.807) is 31.4 Å². The van der Waals surface area contributed by atoms with Crippen molar-refractivity contribution in [3.8, 4) is 17.4 Å². The molecule has 0 fully saturated rings. The van der Waals surface area contributed by atoms with Crippen molar-refractivity contribution in [3.05, 3.63) is 36.7 Å². The summed E-state index contributed by atoms with van der Waals surface area (Å²) in [4.78, 5) is 7.85. The Hall–Kier alpha value is -2.30. The van der Waals surface area contributed by atoms with Gasteiger partial charge in [0.05, 0.1) is 19.5 Å². The second kappa shape index (κ2) is 4.48. The average Bonchev–Trinajstić information content (AvgIpc) is 2.33. The summed E-state index contributed by atoms with van der Waals surface area (Å²) in [5.74, 6) is 2.21. The van der Waals surface area contributed by atoms with Crippen LogP contribution in [0.4, 0.5) is 5.82 Å². The number of aromatic nitrogens is 2. The second-order valence-corrected chi connectivity index (χ2v) is 3.06. The number of rotatable bonds is 3. The second-order valence-electron chi connectivity index (χ2n) is 3.06. The first-order valence-electron chi connectivity index (χ1n) is 4.67. The highest BCUT2D eigenvalue weighted by Gasteiger charge is 1.99. The lowest BCUT2D eigenvalue weighted by Crippen LogP contribution is -1.93. The van der Waals surface area contributed by atoms with Gasteiger partial charge >= 0.3 is 0 Å². The van der Waals surface area contributed by atoms with Crippen molar-refractivity contribution in [2.75, 3.05) is 12.8 Å². The molecule has 2 aromatic rings. The maximum Gasteiger partial charge on any atom is 0.237 e. The van der Waals surface area contributed by atoms with E-state index < -0.39 is 0 Å². The van der Waals surface area contributed by atoms with Crippen LogP contribution < -0.4 is 15.2 Å². The first-order chi connectivity index (χ1) is 7.78. The lowest BCUT2D eigenvalue weighted by Gasteiger charge is -2.05. The monoisotopic (exact) mass is 217 g/mol. The van der Waals surface area contributed by atoms with E-state index in [0.29, 0.717) is 17.4 Å². The molecule has 2 rings (SSSR count). The number of nitrogen functional groups attached to an aromatic ring is 1. The third kappa shape index (κ3) is 2.38. The van der Waals surface area contributed by atoms with Crippen molar-refractivity contribution in [1.82, 2.24) is 9.97 Å². The molecule has 0 atom stereocenters. The SMILES string of the molecule is COc1ccc(Oc2cnc(N)cn2)cc1. The highest BCUT2D eigenvalue weighted by Crippen LogP contribution is 2.21. The molecule has 0 aliphatic rings.